The molecule has 1 spiro atoms. The van der Waals surface area contributed by atoms with Crippen LogP contribution in [0.15, 0.2) is 24.3 Å². The first kappa shape index (κ1) is 15.1. The second kappa shape index (κ2) is 5.90. The van der Waals surface area contributed by atoms with Gasteiger partial charge in [-0.1, -0.05) is 31.0 Å². The van der Waals surface area contributed by atoms with E-state index in [9.17, 15) is 9.18 Å². The van der Waals surface area contributed by atoms with Crippen molar-refractivity contribution in [3.63, 3.8) is 0 Å². The van der Waals surface area contributed by atoms with E-state index in [-0.39, 0.29) is 23.2 Å². The lowest BCUT2D eigenvalue weighted by Crippen LogP contribution is -2.56. The monoisotopic (exact) mass is 316 g/mol. The summed E-state index contributed by atoms with van der Waals surface area (Å²) in [7, 11) is 0. The molecule has 1 N–H and O–H groups in total. The van der Waals surface area contributed by atoms with Crippen molar-refractivity contribution >= 4 is 5.91 Å². The average molecular weight is 316 g/mol. The Labute approximate surface area is 137 Å². The van der Waals surface area contributed by atoms with Gasteiger partial charge in [-0.15, -0.1) is 0 Å². The fourth-order valence-electron chi connectivity index (χ4n) is 4.99. The third-order valence-corrected chi connectivity index (χ3v) is 6.11. The van der Waals surface area contributed by atoms with Crippen LogP contribution in [-0.4, -0.2) is 35.5 Å². The Kier molecular flexibility index (Phi) is 3.88. The van der Waals surface area contributed by atoms with Gasteiger partial charge in [-0.05, 0) is 37.3 Å². The van der Waals surface area contributed by atoms with Gasteiger partial charge in [0.15, 0.2) is 0 Å². The van der Waals surface area contributed by atoms with Gasteiger partial charge in [0.2, 0.25) is 5.91 Å². The molecule has 1 aromatic carbocycles. The van der Waals surface area contributed by atoms with Gasteiger partial charge < -0.3 is 5.32 Å². The second-order valence-corrected chi connectivity index (χ2v) is 7.50. The van der Waals surface area contributed by atoms with E-state index in [0.717, 1.165) is 31.5 Å². The van der Waals surface area contributed by atoms with Gasteiger partial charge in [0.05, 0.1) is 5.54 Å². The van der Waals surface area contributed by atoms with E-state index in [4.69, 9.17) is 0 Å². The first-order valence-electron chi connectivity index (χ1n) is 8.97. The van der Waals surface area contributed by atoms with Crippen molar-refractivity contribution in [2.75, 3.05) is 13.1 Å². The van der Waals surface area contributed by atoms with E-state index in [1.54, 1.807) is 12.1 Å². The highest BCUT2D eigenvalue weighted by atomic mass is 19.1. The van der Waals surface area contributed by atoms with Gasteiger partial charge in [0, 0.05) is 31.5 Å². The van der Waals surface area contributed by atoms with Gasteiger partial charge in [-0.2, -0.15) is 0 Å². The number of carbonyl (C=O) groups excluding carboxylic acids is 1. The van der Waals surface area contributed by atoms with Crippen molar-refractivity contribution in [2.24, 2.45) is 0 Å². The molecule has 2 heterocycles. The molecule has 0 unspecified atom stereocenters. The molecule has 0 bridgehead atoms. The smallest absolute Gasteiger partial charge is 0.220 e. The second-order valence-electron chi connectivity index (χ2n) is 7.50. The molecule has 0 aromatic heterocycles. The van der Waals surface area contributed by atoms with Crippen molar-refractivity contribution in [3.05, 3.63) is 35.6 Å². The third-order valence-electron chi connectivity index (χ3n) is 6.11. The van der Waals surface area contributed by atoms with Crippen LogP contribution in [0.2, 0.25) is 0 Å². The Morgan fingerprint density at radius 2 is 1.96 bits per heavy atom. The predicted octanol–water partition coefficient (Wildman–Crippen LogP) is 3.21. The van der Waals surface area contributed by atoms with Gasteiger partial charge >= 0.3 is 0 Å². The quantitative estimate of drug-likeness (QED) is 0.909. The van der Waals surface area contributed by atoms with E-state index < -0.39 is 0 Å². The number of rotatable bonds is 2. The maximum absolute atomic E-state index is 14.4. The zero-order valence-electron chi connectivity index (χ0n) is 13.6. The molecule has 3 fully saturated rings. The summed E-state index contributed by atoms with van der Waals surface area (Å²) in [4.78, 5) is 14.6. The van der Waals surface area contributed by atoms with Crippen LogP contribution in [0, 0.1) is 5.82 Å². The van der Waals surface area contributed by atoms with Crippen LogP contribution in [0.3, 0.4) is 0 Å². The molecule has 4 rings (SSSR count). The number of benzene rings is 1. The van der Waals surface area contributed by atoms with E-state index in [2.05, 4.69) is 10.2 Å². The summed E-state index contributed by atoms with van der Waals surface area (Å²) in [5.41, 5.74) is 0.496. The highest BCUT2D eigenvalue weighted by Gasteiger charge is 2.51. The summed E-state index contributed by atoms with van der Waals surface area (Å²) < 4.78 is 14.4. The number of nitrogens with zero attached hydrogens (tertiary/aromatic N) is 1. The molecular weight excluding hydrogens is 291 g/mol. The maximum atomic E-state index is 14.4. The zero-order valence-corrected chi connectivity index (χ0v) is 13.6. The lowest BCUT2D eigenvalue weighted by atomic mass is 9.76. The molecule has 23 heavy (non-hydrogen) atoms. The third kappa shape index (κ3) is 2.67. The Bertz CT molecular complexity index is 599. The SMILES string of the molecule is O=C1CCC[C@]2(CN(C3CCCC3)C[C@H]2c2ccccc2F)N1. The molecule has 1 aliphatic carbocycles. The molecule has 2 atom stereocenters. The van der Waals surface area contributed by atoms with Crippen LogP contribution < -0.4 is 5.32 Å². The van der Waals surface area contributed by atoms with Crippen molar-refractivity contribution in [1.82, 2.24) is 10.2 Å². The van der Waals surface area contributed by atoms with E-state index in [1.807, 2.05) is 12.1 Å². The average Bonchev–Trinajstić information content (AvgIpc) is 3.16. The minimum atomic E-state index is -0.278. The Morgan fingerprint density at radius 3 is 2.70 bits per heavy atom. The number of hydrogen-bond acceptors (Lipinski definition) is 2. The largest absolute Gasteiger partial charge is 0.349 e. The molecule has 4 heteroatoms. The first-order valence-corrected chi connectivity index (χ1v) is 8.97. The topological polar surface area (TPSA) is 32.3 Å². The van der Waals surface area contributed by atoms with Crippen LogP contribution in [0.5, 0.6) is 0 Å². The fraction of sp³-hybridized carbons (Fsp3) is 0.632. The molecule has 1 saturated carbocycles. The Balaban J connectivity index is 1.68. The van der Waals surface area contributed by atoms with E-state index in [0.29, 0.717) is 12.5 Å². The summed E-state index contributed by atoms with van der Waals surface area (Å²) in [6, 6.07) is 7.72. The van der Waals surface area contributed by atoms with Crippen molar-refractivity contribution in [2.45, 2.75) is 62.4 Å². The molecule has 2 aliphatic heterocycles. The summed E-state index contributed by atoms with van der Waals surface area (Å²) >= 11 is 0. The van der Waals surface area contributed by atoms with Crippen molar-refractivity contribution in [3.8, 4) is 0 Å². The van der Waals surface area contributed by atoms with Crippen LogP contribution in [-0.2, 0) is 4.79 Å². The Morgan fingerprint density at radius 1 is 1.17 bits per heavy atom. The number of hydrogen-bond donors (Lipinski definition) is 1. The standard InChI is InChI=1S/C19H25FN2O/c20-17-9-4-3-8-15(17)16-12-22(14-6-1-2-7-14)13-19(16)11-5-10-18(23)21-19/h3-4,8-9,14,16H,1-2,5-7,10-13H2,(H,21,23)/t16-,19+/m0/s1. The van der Waals surface area contributed by atoms with Crippen LogP contribution in [0.25, 0.3) is 0 Å². The van der Waals surface area contributed by atoms with E-state index >= 15 is 0 Å². The number of nitrogens with one attached hydrogen (secondary N) is 1. The molecule has 2 saturated heterocycles. The van der Waals surface area contributed by atoms with Crippen LogP contribution in [0.1, 0.15) is 56.4 Å². The maximum Gasteiger partial charge on any atom is 0.220 e. The van der Waals surface area contributed by atoms with Gasteiger partial charge in [0.25, 0.3) is 0 Å². The van der Waals surface area contributed by atoms with Crippen molar-refractivity contribution in [1.29, 1.82) is 0 Å². The molecule has 1 amide bonds. The highest BCUT2D eigenvalue weighted by molar-refractivity contribution is 5.78. The number of carbonyl (C=O) groups is 1. The predicted molar refractivity (Wildman–Crippen MR) is 87.7 cm³/mol. The van der Waals surface area contributed by atoms with Crippen LogP contribution >= 0.6 is 0 Å². The van der Waals surface area contributed by atoms with Gasteiger partial charge in [-0.25, -0.2) is 4.39 Å². The molecule has 0 radical (unpaired) electrons. The zero-order chi connectivity index (χ0) is 15.9. The summed E-state index contributed by atoms with van der Waals surface area (Å²) in [5, 5.41) is 3.27. The number of piperidine rings is 1. The molecule has 1 aromatic rings. The first-order chi connectivity index (χ1) is 11.2. The highest BCUT2D eigenvalue weighted by Crippen LogP contribution is 2.44. The molecule has 3 nitrogen and oxygen atoms in total. The lowest BCUT2D eigenvalue weighted by Gasteiger charge is -2.39. The van der Waals surface area contributed by atoms with Crippen LogP contribution in [0.4, 0.5) is 4.39 Å². The number of likely N-dealkylation sites (tertiary alicyclic amines) is 1. The fourth-order valence-corrected chi connectivity index (χ4v) is 4.99. The normalized spacial score (nSPS) is 32.6. The minimum absolute atomic E-state index is 0.0635. The molecule has 3 aliphatic rings. The number of halogens is 1. The van der Waals surface area contributed by atoms with Crippen molar-refractivity contribution < 1.29 is 9.18 Å². The number of amides is 1. The summed E-state index contributed by atoms with van der Waals surface area (Å²) in [6.07, 6.45) is 7.56. The lowest BCUT2D eigenvalue weighted by molar-refractivity contribution is -0.125. The Hall–Kier alpha value is -1.42. The summed E-state index contributed by atoms with van der Waals surface area (Å²) in [5.74, 6) is 0.0596. The molecular formula is C19H25FN2O. The molecule has 124 valence electrons. The minimum Gasteiger partial charge on any atom is -0.349 e. The van der Waals surface area contributed by atoms with Gasteiger partial charge in [-0.3, -0.25) is 9.69 Å². The summed E-state index contributed by atoms with van der Waals surface area (Å²) in [6.45, 7) is 1.74. The van der Waals surface area contributed by atoms with E-state index in [1.165, 1.54) is 25.7 Å². The van der Waals surface area contributed by atoms with Gasteiger partial charge in [0.1, 0.15) is 5.82 Å².